The summed E-state index contributed by atoms with van der Waals surface area (Å²) in [5.41, 5.74) is 6.67. The summed E-state index contributed by atoms with van der Waals surface area (Å²) in [6, 6.07) is 10.2. The number of methoxy groups -OCH3 is 1. The van der Waals surface area contributed by atoms with Crippen molar-refractivity contribution < 1.29 is 14.6 Å². The standard InChI is InChI=1S/C14H15NO3/c1-18-14(17)12(15)8-9-6-7-13(16)11-5-3-2-4-10(9)11/h2-7,12,16H,8,15H2,1H3. The second-order valence-electron chi connectivity index (χ2n) is 4.12. The molecule has 4 nitrogen and oxygen atoms in total. The van der Waals surface area contributed by atoms with Crippen LogP contribution in [-0.2, 0) is 16.0 Å². The number of rotatable bonds is 3. The lowest BCUT2D eigenvalue weighted by Crippen LogP contribution is -2.33. The van der Waals surface area contributed by atoms with Crippen LogP contribution < -0.4 is 5.73 Å². The average Bonchev–Trinajstić information content (AvgIpc) is 2.41. The average molecular weight is 245 g/mol. The predicted molar refractivity (Wildman–Crippen MR) is 69.3 cm³/mol. The van der Waals surface area contributed by atoms with Gasteiger partial charge in [0.15, 0.2) is 0 Å². The molecule has 0 amide bonds. The number of ether oxygens (including phenoxy) is 1. The van der Waals surface area contributed by atoms with Crippen LogP contribution in [0.15, 0.2) is 36.4 Å². The van der Waals surface area contributed by atoms with Gasteiger partial charge in [-0.3, -0.25) is 4.79 Å². The number of phenols is 1. The number of carbonyl (C=O) groups excluding carboxylic acids is 1. The molecule has 0 heterocycles. The van der Waals surface area contributed by atoms with Crippen LogP contribution in [0, 0.1) is 0 Å². The van der Waals surface area contributed by atoms with Crippen LogP contribution in [0.25, 0.3) is 10.8 Å². The summed E-state index contributed by atoms with van der Waals surface area (Å²) < 4.78 is 4.61. The van der Waals surface area contributed by atoms with Crippen LogP contribution in [0.5, 0.6) is 5.75 Å². The largest absolute Gasteiger partial charge is 0.507 e. The van der Waals surface area contributed by atoms with Gasteiger partial charge in [-0.05, 0) is 23.4 Å². The van der Waals surface area contributed by atoms with E-state index in [4.69, 9.17) is 5.73 Å². The molecular formula is C14H15NO3. The minimum absolute atomic E-state index is 0.223. The number of benzene rings is 2. The second-order valence-corrected chi connectivity index (χ2v) is 4.12. The molecule has 0 radical (unpaired) electrons. The van der Waals surface area contributed by atoms with Crippen molar-refractivity contribution in [3.63, 3.8) is 0 Å². The van der Waals surface area contributed by atoms with Gasteiger partial charge in [-0.2, -0.15) is 0 Å². The van der Waals surface area contributed by atoms with E-state index >= 15 is 0 Å². The molecule has 2 aromatic rings. The Bertz CT molecular complexity index is 580. The van der Waals surface area contributed by atoms with E-state index in [2.05, 4.69) is 4.74 Å². The number of hydrogen-bond donors (Lipinski definition) is 2. The maximum atomic E-state index is 11.3. The summed E-state index contributed by atoms with van der Waals surface area (Å²) in [4.78, 5) is 11.3. The van der Waals surface area contributed by atoms with Gasteiger partial charge < -0.3 is 15.6 Å². The van der Waals surface area contributed by atoms with E-state index in [1.807, 2.05) is 24.3 Å². The highest BCUT2D eigenvalue weighted by molar-refractivity contribution is 5.91. The Morgan fingerprint density at radius 1 is 1.28 bits per heavy atom. The summed E-state index contributed by atoms with van der Waals surface area (Å²) in [6.07, 6.45) is 0.382. The fourth-order valence-electron chi connectivity index (χ4n) is 2.00. The Kier molecular flexibility index (Phi) is 3.48. The minimum Gasteiger partial charge on any atom is -0.507 e. The van der Waals surface area contributed by atoms with E-state index in [-0.39, 0.29) is 5.75 Å². The maximum absolute atomic E-state index is 11.3. The third-order valence-corrected chi connectivity index (χ3v) is 2.94. The topological polar surface area (TPSA) is 72.5 Å². The lowest BCUT2D eigenvalue weighted by molar-refractivity contribution is -0.142. The van der Waals surface area contributed by atoms with Crippen molar-refractivity contribution in [1.82, 2.24) is 0 Å². The molecule has 0 spiro atoms. The molecule has 0 fully saturated rings. The van der Waals surface area contributed by atoms with Crippen molar-refractivity contribution in [2.75, 3.05) is 7.11 Å². The van der Waals surface area contributed by atoms with Crippen LogP contribution in [0.1, 0.15) is 5.56 Å². The molecule has 0 saturated heterocycles. The van der Waals surface area contributed by atoms with Crippen molar-refractivity contribution in [1.29, 1.82) is 0 Å². The van der Waals surface area contributed by atoms with Crippen molar-refractivity contribution in [3.8, 4) is 5.75 Å². The zero-order valence-electron chi connectivity index (χ0n) is 10.1. The number of nitrogens with two attached hydrogens (primary N) is 1. The lowest BCUT2D eigenvalue weighted by atomic mass is 9.98. The zero-order chi connectivity index (χ0) is 13.1. The Morgan fingerprint density at radius 3 is 2.61 bits per heavy atom. The van der Waals surface area contributed by atoms with Gasteiger partial charge in [-0.15, -0.1) is 0 Å². The van der Waals surface area contributed by atoms with Gasteiger partial charge in [-0.1, -0.05) is 30.3 Å². The highest BCUT2D eigenvalue weighted by atomic mass is 16.5. The first-order valence-corrected chi connectivity index (χ1v) is 5.66. The van der Waals surface area contributed by atoms with Gasteiger partial charge in [-0.25, -0.2) is 0 Å². The predicted octanol–water partition coefficient (Wildman–Crippen LogP) is 1.59. The smallest absolute Gasteiger partial charge is 0.322 e. The van der Waals surface area contributed by atoms with Gasteiger partial charge in [0, 0.05) is 5.39 Å². The molecule has 18 heavy (non-hydrogen) atoms. The molecule has 3 N–H and O–H groups in total. The van der Waals surface area contributed by atoms with E-state index in [0.717, 1.165) is 16.3 Å². The van der Waals surface area contributed by atoms with E-state index < -0.39 is 12.0 Å². The first-order valence-electron chi connectivity index (χ1n) is 5.66. The first-order chi connectivity index (χ1) is 8.63. The molecule has 0 aromatic heterocycles. The van der Waals surface area contributed by atoms with Gasteiger partial charge in [0.05, 0.1) is 7.11 Å². The summed E-state index contributed by atoms with van der Waals surface area (Å²) in [6.45, 7) is 0. The fourth-order valence-corrected chi connectivity index (χ4v) is 2.00. The Hall–Kier alpha value is -2.07. The summed E-state index contributed by atoms with van der Waals surface area (Å²) in [5.74, 6) is -0.215. The molecule has 1 atom stereocenters. The van der Waals surface area contributed by atoms with E-state index in [0.29, 0.717) is 6.42 Å². The Balaban J connectivity index is 2.40. The third-order valence-electron chi connectivity index (χ3n) is 2.94. The number of aromatic hydroxyl groups is 1. The van der Waals surface area contributed by atoms with Gasteiger partial charge >= 0.3 is 5.97 Å². The number of hydrogen-bond acceptors (Lipinski definition) is 4. The van der Waals surface area contributed by atoms with Crippen molar-refractivity contribution in [3.05, 3.63) is 42.0 Å². The SMILES string of the molecule is COC(=O)C(N)Cc1ccc(O)c2ccccc12. The van der Waals surface area contributed by atoms with E-state index in [1.54, 1.807) is 12.1 Å². The maximum Gasteiger partial charge on any atom is 0.322 e. The van der Waals surface area contributed by atoms with E-state index in [1.165, 1.54) is 7.11 Å². The molecule has 94 valence electrons. The summed E-state index contributed by atoms with van der Waals surface area (Å²) in [5, 5.41) is 11.4. The fraction of sp³-hybridized carbons (Fsp3) is 0.214. The van der Waals surface area contributed by atoms with Crippen LogP contribution in [0.3, 0.4) is 0 Å². The Morgan fingerprint density at radius 2 is 1.94 bits per heavy atom. The summed E-state index contributed by atoms with van der Waals surface area (Å²) >= 11 is 0. The molecule has 4 heteroatoms. The first kappa shape index (κ1) is 12.4. The normalized spacial score (nSPS) is 12.3. The van der Waals surface area contributed by atoms with Gasteiger partial charge in [0.1, 0.15) is 11.8 Å². The van der Waals surface area contributed by atoms with Crippen LogP contribution >= 0.6 is 0 Å². The molecule has 0 saturated carbocycles. The van der Waals surface area contributed by atoms with Crippen LogP contribution in [0.4, 0.5) is 0 Å². The van der Waals surface area contributed by atoms with Gasteiger partial charge in [0.2, 0.25) is 0 Å². The zero-order valence-corrected chi connectivity index (χ0v) is 10.1. The molecule has 2 rings (SSSR count). The molecule has 0 aliphatic rings. The van der Waals surface area contributed by atoms with Crippen LogP contribution in [-0.4, -0.2) is 24.2 Å². The highest BCUT2D eigenvalue weighted by Gasteiger charge is 2.16. The van der Waals surface area contributed by atoms with E-state index in [9.17, 15) is 9.90 Å². The van der Waals surface area contributed by atoms with Crippen molar-refractivity contribution in [2.24, 2.45) is 5.73 Å². The minimum atomic E-state index is -0.692. The van der Waals surface area contributed by atoms with Crippen molar-refractivity contribution >= 4 is 16.7 Å². The Labute approximate surface area is 105 Å². The van der Waals surface area contributed by atoms with Gasteiger partial charge in [0.25, 0.3) is 0 Å². The molecule has 1 unspecified atom stereocenters. The molecule has 0 bridgehead atoms. The highest BCUT2D eigenvalue weighted by Crippen LogP contribution is 2.27. The quantitative estimate of drug-likeness (QED) is 0.805. The number of carbonyl (C=O) groups is 1. The molecule has 0 aliphatic carbocycles. The second kappa shape index (κ2) is 5.06. The summed E-state index contributed by atoms with van der Waals surface area (Å²) in [7, 11) is 1.32. The van der Waals surface area contributed by atoms with Crippen molar-refractivity contribution in [2.45, 2.75) is 12.5 Å². The molecule has 0 aliphatic heterocycles. The molecule has 2 aromatic carbocycles. The molecular weight excluding hydrogens is 230 g/mol. The monoisotopic (exact) mass is 245 g/mol. The number of fused-ring (bicyclic) bond motifs is 1. The number of esters is 1. The van der Waals surface area contributed by atoms with Crippen LogP contribution in [0.2, 0.25) is 0 Å². The third kappa shape index (κ3) is 2.28. The lowest BCUT2D eigenvalue weighted by Gasteiger charge is -2.12. The number of phenolic OH excluding ortho intramolecular Hbond substituents is 1.